The molecule has 0 saturated heterocycles. The van der Waals surface area contributed by atoms with Crippen molar-refractivity contribution in [2.24, 2.45) is 5.92 Å². The van der Waals surface area contributed by atoms with Gasteiger partial charge in [-0.1, -0.05) is 42.3 Å². The van der Waals surface area contributed by atoms with E-state index in [9.17, 15) is 30.2 Å². The van der Waals surface area contributed by atoms with Crippen molar-refractivity contribution in [2.75, 3.05) is 19.7 Å². The Morgan fingerprint density at radius 1 is 1.03 bits per heavy atom. The quantitative estimate of drug-likeness (QED) is 0.283. The molecule has 0 aliphatic carbocycles. The summed E-state index contributed by atoms with van der Waals surface area (Å²) in [4.78, 5) is 26.2. The summed E-state index contributed by atoms with van der Waals surface area (Å²) in [5.74, 6) is 3.42. The zero-order valence-electron chi connectivity index (χ0n) is 22.3. The molecule has 0 spiro atoms. The first kappa shape index (κ1) is 30.9. The smallest absolute Gasteiger partial charge is 0.449 e. The molecule has 3 N–H and O–H groups in total. The second-order valence-electron chi connectivity index (χ2n) is 8.78. The molecule has 0 aliphatic heterocycles. The molecular weight excluding hydrogens is 495 g/mol. The van der Waals surface area contributed by atoms with Gasteiger partial charge in [0, 0.05) is 25.9 Å². The van der Waals surface area contributed by atoms with Gasteiger partial charge >= 0.3 is 13.2 Å². The van der Waals surface area contributed by atoms with Crippen LogP contribution in [0.15, 0.2) is 48.5 Å². The van der Waals surface area contributed by atoms with Crippen LogP contribution in [0.2, 0.25) is 0 Å². The molecule has 2 amide bonds. The lowest BCUT2D eigenvalue weighted by Crippen LogP contribution is -2.48. The van der Waals surface area contributed by atoms with E-state index in [1.807, 2.05) is 56.3 Å². The Morgan fingerprint density at radius 3 is 2.28 bits per heavy atom. The number of rotatable bonds is 12. The maximum absolute atomic E-state index is 12.4. The number of carbonyl (C=O) groups excluding carboxylic acids is 2. The van der Waals surface area contributed by atoms with E-state index in [0.29, 0.717) is 37.9 Å². The second-order valence-corrected chi connectivity index (χ2v) is 8.78. The van der Waals surface area contributed by atoms with Gasteiger partial charge in [0.15, 0.2) is 5.92 Å². The number of nitrogens with one attached hydrogen (secondary N) is 1. The predicted molar refractivity (Wildman–Crippen MR) is 147 cm³/mol. The Labute approximate surface area is 230 Å². The van der Waals surface area contributed by atoms with Crippen molar-refractivity contribution in [1.82, 2.24) is 10.2 Å². The minimum Gasteiger partial charge on any atom is -0.449 e. The number of carbonyl (C=O) groups is 2. The van der Waals surface area contributed by atoms with Gasteiger partial charge in [-0.2, -0.15) is 10.5 Å². The van der Waals surface area contributed by atoms with Gasteiger partial charge in [0.1, 0.15) is 0 Å². The molecule has 0 fully saturated rings. The molecule has 9 nitrogen and oxygen atoms in total. The minimum absolute atomic E-state index is 0.0247. The summed E-state index contributed by atoms with van der Waals surface area (Å²) in [6.07, 6.45) is 0.722. The van der Waals surface area contributed by atoms with Crippen molar-refractivity contribution in [2.45, 2.75) is 45.5 Å². The van der Waals surface area contributed by atoms with Crippen LogP contribution in [0.4, 0.5) is 4.79 Å². The monoisotopic (exact) mass is 528 g/mol. The van der Waals surface area contributed by atoms with Gasteiger partial charge in [0.25, 0.3) is 5.91 Å². The zero-order valence-corrected chi connectivity index (χ0v) is 22.3. The SMILES string of the molecule is CCN(CC)C(=O)C(C#N)C#CCCc1cc(C#N)cc(CCOC(=O)N[C@@H](Cc2ccccc2)B(O)O)c1. The summed E-state index contributed by atoms with van der Waals surface area (Å²) < 4.78 is 5.23. The third-order valence-corrected chi connectivity index (χ3v) is 6.00. The van der Waals surface area contributed by atoms with Crippen molar-refractivity contribution in [1.29, 1.82) is 10.5 Å². The van der Waals surface area contributed by atoms with E-state index in [1.54, 1.807) is 17.0 Å². The first-order valence-electron chi connectivity index (χ1n) is 12.8. The second kappa shape index (κ2) is 16.5. The Bertz CT molecular complexity index is 1240. The number of benzene rings is 2. The lowest BCUT2D eigenvalue weighted by molar-refractivity contribution is -0.131. The molecule has 0 radical (unpaired) electrons. The number of aryl methyl sites for hydroxylation is 1. The summed E-state index contributed by atoms with van der Waals surface area (Å²) in [6, 6.07) is 18.6. The van der Waals surface area contributed by atoms with Gasteiger partial charge in [-0.25, -0.2) is 4.79 Å². The first-order valence-corrected chi connectivity index (χ1v) is 12.8. The highest BCUT2D eigenvalue weighted by atomic mass is 16.5. The average molecular weight is 528 g/mol. The first-order chi connectivity index (χ1) is 18.8. The molecule has 1 unspecified atom stereocenters. The van der Waals surface area contributed by atoms with Gasteiger partial charge < -0.3 is 25.0 Å². The zero-order chi connectivity index (χ0) is 28.6. The number of alkyl carbamates (subject to hydrolysis) is 1. The van der Waals surface area contributed by atoms with Crippen LogP contribution < -0.4 is 5.32 Å². The third-order valence-electron chi connectivity index (χ3n) is 6.00. The van der Waals surface area contributed by atoms with Crippen LogP contribution in [0, 0.1) is 40.4 Å². The predicted octanol–water partition coefficient (Wildman–Crippen LogP) is 2.39. The fourth-order valence-corrected chi connectivity index (χ4v) is 3.92. The van der Waals surface area contributed by atoms with Crippen LogP contribution in [0.5, 0.6) is 0 Å². The average Bonchev–Trinajstić information content (AvgIpc) is 2.93. The molecule has 202 valence electrons. The molecule has 0 bridgehead atoms. The van der Waals surface area contributed by atoms with Gasteiger partial charge in [-0.3, -0.25) is 4.79 Å². The van der Waals surface area contributed by atoms with Gasteiger partial charge in [0.2, 0.25) is 0 Å². The maximum atomic E-state index is 12.4. The highest BCUT2D eigenvalue weighted by Gasteiger charge is 2.26. The summed E-state index contributed by atoms with van der Waals surface area (Å²) in [5.41, 5.74) is 2.94. The van der Waals surface area contributed by atoms with E-state index in [0.717, 1.165) is 16.7 Å². The molecule has 0 saturated carbocycles. The van der Waals surface area contributed by atoms with Crippen molar-refractivity contribution >= 4 is 19.1 Å². The van der Waals surface area contributed by atoms with Crippen molar-refractivity contribution in [3.05, 3.63) is 70.8 Å². The van der Waals surface area contributed by atoms with E-state index in [-0.39, 0.29) is 18.9 Å². The normalized spacial score (nSPS) is 11.5. The molecule has 10 heteroatoms. The largest absolute Gasteiger partial charge is 0.475 e. The molecule has 0 aromatic heterocycles. The highest BCUT2D eigenvalue weighted by Crippen LogP contribution is 2.13. The van der Waals surface area contributed by atoms with Crippen LogP contribution in [0.3, 0.4) is 0 Å². The van der Waals surface area contributed by atoms with Gasteiger partial charge in [0.05, 0.1) is 30.2 Å². The van der Waals surface area contributed by atoms with Crippen molar-refractivity contribution in [3.8, 4) is 24.0 Å². The Hall–Kier alpha value is -4.30. The van der Waals surface area contributed by atoms with E-state index < -0.39 is 25.1 Å². The van der Waals surface area contributed by atoms with Gasteiger partial charge in [-0.15, -0.1) is 5.92 Å². The van der Waals surface area contributed by atoms with E-state index in [1.165, 1.54) is 0 Å². The van der Waals surface area contributed by atoms with E-state index in [2.05, 4.69) is 23.2 Å². The highest BCUT2D eigenvalue weighted by molar-refractivity contribution is 6.43. The topological polar surface area (TPSA) is 147 Å². The number of amides is 2. The van der Waals surface area contributed by atoms with E-state index in [4.69, 9.17) is 4.74 Å². The summed E-state index contributed by atoms with van der Waals surface area (Å²) in [5, 5.41) is 40.5. The number of hydrogen-bond donors (Lipinski definition) is 3. The molecule has 2 aromatic rings. The molecule has 39 heavy (non-hydrogen) atoms. The van der Waals surface area contributed by atoms with E-state index >= 15 is 0 Å². The Balaban J connectivity index is 1.92. The number of nitriles is 2. The Kier molecular flexibility index (Phi) is 13.1. The van der Waals surface area contributed by atoms with Crippen LogP contribution in [-0.4, -0.2) is 59.7 Å². The van der Waals surface area contributed by atoms with Crippen molar-refractivity contribution < 1.29 is 24.4 Å². The van der Waals surface area contributed by atoms with Crippen LogP contribution in [0.1, 0.15) is 42.5 Å². The lowest BCUT2D eigenvalue weighted by Gasteiger charge is -2.19. The van der Waals surface area contributed by atoms with Crippen LogP contribution in [0.25, 0.3) is 0 Å². The van der Waals surface area contributed by atoms with Crippen LogP contribution in [-0.2, 0) is 28.8 Å². The summed E-state index contributed by atoms with van der Waals surface area (Å²) in [7, 11) is -1.76. The van der Waals surface area contributed by atoms with Crippen molar-refractivity contribution in [3.63, 3.8) is 0 Å². The number of hydrogen-bond acceptors (Lipinski definition) is 7. The standard InChI is InChI=1S/C29H33BN4O5/c1-3-34(4-2)28(35)26(21-32)13-9-8-12-23-16-24(18-25(17-23)20-31)14-15-39-29(36)33-27(30(37)38)19-22-10-6-5-7-11-22/h5-7,10-11,16-18,26-27,37-38H,3-4,8,12,14-15,19H2,1-2H3,(H,33,36)/t26?,27-/m0/s1. The third kappa shape index (κ3) is 10.5. The Morgan fingerprint density at radius 2 is 1.69 bits per heavy atom. The van der Waals surface area contributed by atoms with Crippen LogP contribution >= 0.6 is 0 Å². The fourth-order valence-electron chi connectivity index (χ4n) is 3.92. The molecule has 0 heterocycles. The molecule has 2 rings (SSSR count). The number of nitrogens with zero attached hydrogens (tertiary/aromatic N) is 3. The minimum atomic E-state index is -1.76. The molecular formula is C29H33BN4O5. The molecule has 0 aliphatic rings. The maximum Gasteiger partial charge on any atom is 0.475 e. The van der Waals surface area contributed by atoms with Gasteiger partial charge in [-0.05, 0) is 55.5 Å². The summed E-state index contributed by atoms with van der Waals surface area (Å²) in [6.45, 7) is 4.76. The fraction of sp³-hybridized carbons (Fsp3) is 0.379. The summed E-state index contributed by atoms with van der Waals surface area (Å²) >= 11 is 0. The molecule has 2 atom stereocenters. The number of ether oxygens (including phenoxy) is 1. The molecule has 2 aromatic carbocycles. The lowest BCUT2D eigenvalue weighted by atomic mass is 9.76.